The van der Waals surface area contributed by atoms with Crippen LogP contribution in [-0.2, 0) is 0 Å². The molecule has 0 bridgehead atoms. The summed E-state index contributed by atoms with van der Waals surface area (Å²) in [6, 6.07) is 0.327. The zero-order chi connectivity index (χ0) is 11.6. The van der Waals surface area contributed by atoms with Crippen LogP contribution in [0, 0.1) is 0 Å². The summed E-state index contributed by atoms with van der Waals surface area (Å²) in [7, 11) is 6.25. The summed E-state index contributed by atoms with van der Waals surface area (Å²) < 4.78 is 1.20. The Morgan fingerprint density at radius 1 is 1.40 bits per heavy atom. The normalized spacial score (nSPS) is 14.6. The summed E-state index contributed by atoms with van der Waals surface area (Å²) >= 11 is 5.33. The standard InChI is InChI=1S/C11H19BrN2S/c1-11(2,14(4)5)10(13-3)8-6-15-7-9(8)12/h6-7,10,13H,1-5H3. The molecule has 0 aliphatic carbocycles. The molecule has 1 unspecified atom stereocenters. The van der Waals surface area contributed by atoms with Crippen LogP contribution in [0.5, 0.6) is 0 Å². The van der Waals surface area contributed by atoms with E-state index in [1.807, 2.05) is 7.05 Å². The van der Waals surface area contributed by atoms with Crippen LogP contribution in [-0.4, -0.2) is 31.6 Å². The summed E-state index contributed by atoms with van der Waals surface area (Å²) in [6.07, 6.45) is 0. The minimum Gasteiger partial charge on any atom is -0.311 e. The molecular formula is C11H19BrN2S. The van der Waals surface area contributed by atoms with Gasteiger partial charge in [0, 0.05) is 15.4 Å². The van der Waals surface area contributed by atoms with Crippen molar-refractivity contribution in [2.24, 2.45) is 0 Å². The van der Waals surface area contributed by atoms with Crippen LogP contribution in [0.1, 0.15) is 25.5 Å². The molecule has 1 aromatic rings. The number of nitrogens with zero attached hydrogens (tertiary/aromatic N) is 1. The molecule has 1 atom stereocenters. The van der Waals surface area contributed by atoms with Crippen molar-refractivity contribution >= 4 is 27.3 Å². The third-order valence-electron chi connectivity index (χ3n) is 3.10. The van der Waals surface area contributed by atoms with E-state index in [1.54, 1.807) is 11.3 Å². The van der Waals surface area contributed by atoms with Gasteiger partial charge in [0.1, 0.15) is 0 Å². The number of hydrogen-bond acceptors (Lipinski definition) is 3. The second-order valence-corrected chi connectivity index (χ2v) is 6.04. The summed E-state index contributed by atoms with van der Waals surface area (Å²) in [4.78, 5) is 2.25. The number of nitrogens with one attached hydrogen (secondary N) is 1. The number of likely N-dealkylation sites (N-methyl/N-ethyl adjacent to an activating group) is 2. The molecule has 0 aromatic carbocycles. The minimum atomic E-state index is 0.0817. The number of rotatable bonds is 4. The Hall–Kier alpha value is 0.1000. The van der Waals surface area contributed by atoms with Gasteiger partial charge in [0.25, 0.3) is 0 Å². The van der Waals surface area contributed by atoms with E-state index in [4.69, 9.17) is 0 Å². The molecular weight excluding hydrogens is 272 g/mol. The van der Waals surface area contributed by atoms with E-state index < -0.39 is 0 Å². The molecule has 15 heavy (non-hydrogen) atoms. The highest BCUT2D eigenvalue weighted by Gasteiger charge is 2.33. The monoisotopic (exact) mass is 290 g/mol. The van der Waals surface area contributed by atoms with Crippen LogP contribution in [0.25, 0.3) is 0 Å². The van der Waals surface area contributed by atoms with E-state index >= 15 is 0 Å². The van der Waals surface area contributed by atoms with Gasteiger partial charge in [-0.25, -0.2) is 0 Å². The van der Waals surface area contributed by atoms with E-state index in [0.29, 0.717) is 6.04 Å². The molecule has 0 amide bonds. The van der Waals surface area contributed by atoms with Crippen molar-refractivity contribution in [1.82, 2.24) is 10.2 Å². The molecule has 4 heteroatoms. The second-order valence-electron chi connectivity index (χ2n) is 4.44. The topological polar surface area (TPSA) is 15.3 Å². The van der Waals surface area contributed by atoms with Gasteiger partial charge >= 0.3 is 0 Å². The van der Waals surface area contributed by atoms with Crippen molar-refractivity contribution in [2.45, 2.75) is 25.4 Å². The average Bonchev–Trinajstić information content (AvgIpc) is 2.53. The molecule has 0 aliphatic rings. The van der Waals surface area contributed by atoms with Crippen molar-refractivity contribution in [3.63, 3.8) is 0 Å². The van der Waals surface area contributed by atoms with E-state index in [2.05, 4.69) is 64.8 Å². The van der Waals surface area contributed by atoms with Crippen molar-refractivity contribution in [3.05, 3.63) is 20.8 Å². The molecule has 0 aliphatic heterocycles. The maximum absolute atomic E-state index is 3.60. The molecule has 86 valence electrons. The molecule has 0 fully saturated rings. The summed E-state index contributed by atoms with van der Waals surface area (Å²) in [6.45, 7) is 4.50. The highest BCUT2D eigenvalue weighted by molar-refractivity contribution is 9.10. The fraction of sp³-hybridized carbons (Fsp3) is 0.636. The lowest BCUT2D eigenvalue weighted by molar-refractivity contribution is 0.142. The molecule has 2 nitrogen and oxygen atoms in total. The van der Waals surface area contributed by atoms with E-state index in [0.717, 1.165) is 0 Å². The summed E-state index contributed by atoms with van der Waals surface area (Å²) in [5.41, 5.74) is 1.42. The van der Waals surface area contributed by atoms with Crippen molar-refractivity contribution in [1.29, 1.82) is 0 Å². The SMILES string of the molecule is CNC(c1cscc1Br)C(C)(C)N(C)C. The smallest absolute Gasteiger partial charge is 0.0518 e. The van der Waals surface area contributed by atoms with Crippen LogP contribution >= 0.6 is 27.3 Å². The second kappa shape index (κ2) is 4.95. The van der Waals surface area contributed by atoms with Gasteiger partial charge in [0.15, 0.2) is 0 Å². The van der Waals surface area contributed by atoms with Gasteiger partial charge in [-0.3, -0.25) is 0 Å². The van der Waals surface area contributed by atoms with Crippen molar-refractivity contribution < 1.29 is 0 Å². The Morgan fingerprint density at radius 3 is 2.33 bits per heavy atom. The lowest BCUT2D eigenvalue weighted by Gasteiger charge is -2.40. The van der Waals surface area contributed by atoms with Gasteiger partial charge in [-0.1, -0.05) is 0 Å². The van der Waals surface area contributed by atoms with Gasteiger partial charge in [-0.2, -0.15) is 11.3 Å². The number of thiophene rings is 1. The van der Waals surface area contributed by atoms with Gasteiger partial charge < -0.3 is 10.2 Å². The first-order valence-corrected chi connectivity index (χ1v) is 6.71. The van der Waals surface area contributed by atoms with Crippen LogP contribution in [0.2, 0.25) is 0 Å². The summed E-state index contributed by atoms with van der Waals surface area (Å²) in [5.74, 6) is 0. The molecule has 1 aromatic heterocycles. The zero-order valence-corrected chi connectivity index (χ0v) is 12.4. The van der Waals surface area contributed by atoms with Crippen molar-refractivity contribution in [2.75, 3.05) is 21.1 Å². The van der Waals surface area contributed by atoms with Crippen LogP contribution in [0.4, 0.5) is 0 Å². The van der Waals surface area contributed by atoms with Gasteiger partial charge in [0.05, 0.1) is 6.04 Å². The molecule has 1 rings (SSSR count). The van der Waals surface area contributed by atoms with Crippen molar-refractivity contribution in [3.8, 4) is 0 Å². The zero-order valence-electron chi connectivity index (χ0n) is 9.97. The van der Waals surface area contributed by atoms with Gasteiger partial charge in [-0.05, 0) is 61.9 Å². The van der Waals surface area contributed by atoms with E-state index in [1.165, 1.54) is 10.0 Å². The number of halogens is 1. The summed E-state index contributed by atoms with van der Waals surface area (Å²) in [5, 5.41) is 7.74. The van der Waals surface area contributed by atoms with Crippen LogP contribution < -0.4 is 5.32 Å². The predicted octanol–water partition coefficient (Wildman–Crippen LogP) is 3.11. The quantitative estimate of drug-likeness (QED) is 0.917. The highest BCUT2D eigenvalue weighted by atomic mass is 79.9. The fourth-order valence-electron chi connectivity index (χ4n) is 1.64. The van der Waals surface area contributed by atoms with Gasteiger partial charge in [-0.15, -0.1) is 0 Å². The molecule has 0 saturated carbocycles. The Bertz CT molecular complexity index is 320. The highest BCUT2D eigenvalue weighted by Crippen LogP contribution is 2.35. The van der Waals surface area contributed by atoms with E-state index in [9.17, 15) is 0 Å². The Kier molecular flexibility index (Phi) is 4.35. The first-order valence-electron chi connectivity index (χ1n) is 4.97. The average molecular weight is 291 g/mol. The molecule has 0 spiro atoms. The first kappa shape index (κ1) is 13.2. The van der Waals surface area contributed by atoms with E-state index in [-0.39, 0.29) is 5.54 Å². The van der Waals surface area contributed by atoms with Gasteiger partial charge in [0.2, 0.25) is 0 Å². The third-order valence-corrected chi connectivity index (χ3v) is 4.85. The minimum absolute atomic E-state index is 0.0817. The lowest BCUT2D eigenvalue weighted by atomic mass is 9.89. The van der Waals surface area contributed by atoms with Crippen LogP contribution in [0.3, 0.4) is 0 Å². The largest absolute Gasteiger partial charge is 0.311 e. The van der Waals surface area contributed by atoms with Crippen LogP contribution in [0.15, 0.2) is 15.2 Å². The predicted molar refractivity (Wildman–Crippen MR) is 71.6 cm³/mol. The Morgan fingerprint density at radius 2 is 2.00 bits per heavy atom. The maximum atomic E-state index is 3.60. The fourth-order valence-corrected chi connectivity index (χ4v) is 3.20. The molecule has 1 N–H and O–H groups in total. The molecule has 0 radical (unpaired) electrons. The Labute approximate surface area is 105 Å². The molecule has 0 saturated heterocycles. The third kappa shape index (κ3) is 2.61. The Balaban J connectivity index is 3.04. The number of hydrogen-bond donors (Lipinski definition) is 1. The molecule has 1 heterocycles. The first-order chi connectivity index (χ1) is 6.91. The lowest BCUT2D eigenvalue weighted by Crippen LogP contribution is -2.48. The maximum Gasteiger partial charge on any atom is 0.0518 e.